The van der Waals surface area contributed by atoms with Gasteiger partial charge in [-0.3, -0.25) is 0 Å². The molecular formula is C10H12ClN3S2. The molecule has 2 aromatic heterocycles. The topological polar surface area (TPSA) is 50.9 Å². The van der Waals surface area contributed by atoms with Crippen molar-refractivity contribution in [3.05, 3.63) is 37.4 Å². The van der Waals surface area contributed by atoms with E-state index < -0.39 is 0 Å². The fourth-order valence-corrected chi connectivity index (χ4v) is 3.02. The summed E-state index contributed by atoms with van der Waals surface area (Å²) in [5.74, 6) is 0. The predicted octanol–water partition coefficient (Wildman–Crippen LogP) is 2.61. The fraction of sp³-hybridized carbons (Fsp3) is 0.300. The Morgan fingerprint density at radius 1 is 1.38 bits per heavy atom. The number of nitrogens with one attached hydrogen (secondary N) is 1. The molecule has 0 radical (unpaired) electrons. The largest absolute Gasteiger partial charge is 0.325 e. The number of hydrogen-bond acceptors (Lipinski definition) is 5. The Bertz CT molecular complexity index is 452. The average Bonchev–Trinajstić information content (AvgIpc) is 2.88. The summed E-state index contributed by atoms with van der Waals surface area (Å²) in [5.41, 5.74) is 6.55. The third kappa shape index (κ3) is 3.26. The van der Waals surface area contributed by atoms with Gasteiger partial charge in [0.15, 0.2) is 0 Å². The molecule has 86 valence electrons. The Kier molecular flexibility index (Phi) is 4.31. The fourth-order valence-electron chi connectivity index (χ4n) is 1.28. The van der Waals surface area contributed by atoms with Crippen LogP contribution in [0.3, 0.4) is 0 Å². The highest BCUT2D eigenvalue weighted by Crippen LogP contribution is 2.21. The van der Waals surface area contributed by atoms with Gasteiger partial charge in [0.25, 0.3) is 0 Å². The van der Waals surface area contributed by atoms with E-state index in [4.69, 9.17) is 17.3 Å². The van der Waals surface area contributed by atoms with E-state index in [1.165, 1.54) is 4.88 Å². The van der Waals surface area contributed by atoms with Crippen LogP contribution in [0, 0.1) is 0 Å². The zero-order chi connectivity index (χ0) is 11.4. The first-order valence-corrected chi connectivity index (χ1v) is 6.93. The van der Waals surface area contributed by atoms with E-state index in [0.717, 1.165) is 28.1 Å². The van der Waals surface area contributed by atoms with Gasteiger partial charge in [-0.15, -0.1) is 22.7 Å². The molecular weight excluding hydrogens is 262 g/mol. The minimum absolute atomic E-state index is 0.519. The molecule has 2 rings (SSSR count). The Balaban J connectivity index is 1.79. The molecule has 0 aromatic carbocycles. The second-order valence-electron chi connectivity index (χ2n) is 3.25. The molecule has 16 heavy (non-hydrogen) atoms. The van der Waals surface area contributed by atoms with Gasteiger partial charge in [0.1, 0.15) is 5.01 Å². The highest BCUT2D eigenvalue weighted by molar-refractivity contribution is 7.16. The van der Waals surface area contributed by atoms with Gasteiger partial charge in [0, 0.05) is 29.9 Å². The minimum Gasteiger partial charge on any atom is -0.325 e. The number of hydrogen-bond donors (Lipinski definition) is 2. The first-order valence-electron chi connectivity index (χ1n) is 4.86. The highest BCUT2D eigenvalue weighted by Gasteiger charge is 2.01. The van der Waals surface area contributed by atoms with Crippen LogP contribution in [0.4, 0.5) is 0 Å². The number of aromatic nitrogens is 1. The van der Waals surface area contributed by atoms with Gasteiger partial charge in [0.05, 0.1) is 10.0 Å². The molecule has 0 aliphatic carbocycles. The minimum atomic E-state index is 0.519. The Morgan fingerprint density at radius 3 is 2.88 bits per heavy atom. The summed E-state index contributed by atoms with van der Waals surface area (Å²) in [4.78, 5) is 5.61. The number of thiophene rings is 1. The standard InChI is InChI=1S/C10H12ClN3S2/c11-9-2-1-8(16-9)5-13-4-7-6-15-10(3-12)14-7/h1-2,6,13H,3-5,12H2. The van der Waals surface area contributed by atoms with Gasteiger partial charge in [-0.25, -0.2) is 4.98 Å². The van der Waals surface area contributed by atoms with E-state index in [2.05, 4.69) is 10.3 Å². The number of halogens is 1. The third-order valence-corrected chi connectivity index (χ3v) is 4.16. The van der Waals surface area contributed by atoms with Gasteiger partial charge in [-0.2, -0.15) is 0 Å². The van der Waals surface area contributed by atoms with Crippen LogP contribution in [0.1, 0.15) is 15.6 Å². The Labute approximate surface area is 107 Å². The maximum Gasteiger partial charge on any atom is 0.106 e. The van der Waals surface area contributed by atoms with Crippen molar-refractivity contribution in [1.82, 2.24) is 10.3 Å². The van der Waals surface area contributed by atoms with Crippen LogP contribution in [0.15, 0.2) is 17.5 Å². The highest BCUT2D eigenvalue weighted by atomic mass is 35.5. The number of nitrogens with two attached hydrogens (primary N) is 1. The van der Waals surface area contributed by atoms with Gasteiger partial charge in [-0.1, -0.05) is 11.6 Å². The molecule has 0 atom stereocenters. The van der Waals surface area contributed by atoms with Crippen LogP contribution in [-0.4, -0.2) is 4.98 Å². The van der Waals surface area contributed by atoms with Crippen molar-refractivity contribution in [1.29, 1.82) is 0 Å². The number of rotatable bonds is 5. The SMILES string of the molecule is NCc1nc(CNCc2ccc(Cl)s2)cs1. The molecule has 0 saturated heterocycles. The summed E-state index contributed by atoms with van der Waals surface area (Å²) in [5, 5.41) is 6.34. The number of thiazole rings is 1. The first-order chi connectivity index (χ1) is 7.78. The first kappa shape index (κ1) is 12.0. The third-order valence-electron chi connectivity index (χ3n) is 2.01. The van der Waals surface area contributed by atoms with Crippen LogP contribution >= 0.6 is 34.3 Å². The van der Waals surface area contributed by atoms with Crippen LogP contribution in [0.5, 0.6) is 0 Å². The summed E-state index contributed by atoms with van der Waals surface area (Å²) in [6.07, 6.45) is 0. The van der Waals surface area contributed by atoms with Crippen molar-refractivity contribution in [2.24, 2.45) is 5.73 Å². The van der Waals surface area contributed by atoms with E-state index >= 15 is 0 Å². The van der Waals surface area contributed by atoms with Gasteiger partial charge >= 0.3 is 0 Å². The van der Waals surface area contributed by atoms with Crippen molar-refractivity contribution in [3.8, 4) is 0 Å². The maximum atomic E-state index is 5.84. The van der Waals surface area contributed by atoms with Crippen LogP contribution in [-0.2, 0) is 19.6 Å². The second-order valence-corrected chi connectivity index (χ2v) is 5.99. The van der Waals surface area contributed by atoms with Crippen LogP contribution in [0.25, 0.3) is 0 Å². The summed E-state index contributed by atoms with van der Waals surface area (Å²) in [6, 6.07) is 3.95. The maximum absolute atomic E-state index is 5.84. The second kappa shape index (κ2) is 5.75. The van der Waals surface area contributed by atoms with E-state index in [9.17, 15) is 0 Å². The molecule has 3 N–H and O–H groups in total. The van der Waals surface area contributed by atoms with Crippen LogP contribution in [0.2, 0.25) is 4.34 Å². The molecule has 0 aliphatic heterocycles. The molecule has 0 fully saturated rings. The number of nitrogens with zero attached hydrogens (tertiary/aromatic N) is 1. The zero-order valence-corrected chi connectivity index (χ0v) is 11.0. The smallest absolute Gasteiger partial charge is 0.106 e. The molecule has 0 bridgehead atoms. The molecule has 0 spiro atoms. The molecule has 0 unspecified atom stereocenters. The quantitative estimate of drug-likeness (QED) is 0.880. The lowest BCUT2D eigenvalue weighted by atomic mass is 10.4. The van der Waals surface area contributed by atoms with Crippen molar-refractivity contribution >= 4 is 34.3 Å². The Hall–Kier alpha value is -0.460. The monoisotopic (exact) mass is 273 g/mol. The van der Waals surface area contributed by atoms with E-state index in [0.29, 0.717) is 6.54 Å². The van der Waals surface area contributed by atoms with Gasteiger partial charge in [0.2, 0.25) is 0 Å². The summed E-state index contributed by atoms with van der Waals surface area (Å²) >= 11 is 9.05. The van der Waals surface area contributed by atoms with E-state index in [1.807, 2.05) is 17.5 Å². The van der Waals surface area contributed by atoms with Crippen molar-refractivity contribution < 1.29 is 0 Å². The van der Waals surface area contributed by atoms with E-state index in [1.54, 1.807) is 22.7 Å². The molecule has 0 saturated carbocycles. The average molecular weight is 274 g/mol. The van der Waals surface area contributed by atoms with Crippen LogP contribution < -0.4 is 11.1 Å². The van der Waals surface area contributed by atoms with Crippen molar-refractivity contribution in [2.75, 3.05) is 0 Å². The molecule has 6 heteroatoms. The predicted molar refractivity (Wildman–Crippen MR) is 69.9 cm³/mol. The lowest BCUT2D eigenvalue weighted by Crippen LogP contribution is -2.12. The molecule has 0 aliphatic rings. The van der Waals surface area contributed by atoms with Gasteiger partial charge in [-0.05, 0) is 12.1 Å². The van der Waals surface area contributed by atoms with Crippen molar-refractivity contribution in [2.45, 2.75) is 19.6 Å². The van der Waals surface area contributed by atoms with Gasteiger partial charge < -0.3 is 11.1 Å². The molecule has 2 aromatic rings. The summed E-state index contributed by atoms with van der Waals surface area (Å²) in [7, 11) is 0. The Morgan fingerprint density at radius 2 is 2.25 bits per heavy atom. The zero-order valence-electron chi connectivity index (χ0n) is 8.57. The molecule has 0 amide bonds. The lowest BCUT2D eigenvalue weighted by molar-refractivity contribution is 0.687. The normalized spacial score (nSPS) is 10.9. The summed E-state index contributed by atoms with van der Waals surface area (Å²) in [6.45, 7) is 2.12. The molecule has 2 heterocycles. The summed E-state index contributed by atoms with van der Waals surface area (Å²) < 4.78 is 0.830. The lowest BCUT2D eigenvalue weighted by Gasteiger charge is -1.99. The molecule has 3 nitrogen and oxygen atoms in total. The van der Waals surface area contributed by atoms with Crippen molar-refractivity contribution in [3.63, 3.8) is 0 Å². The van der Waals surface area contributed by atoms with E-state index in [-0.39, 0.29) is 0 Å².